The van der Waals surface area contributed by atoms with Crippen LogP contribution in [0.5, 0.6) is 0 Å². The molecular weight excluding hydrogens is 242 g/mol. The lowest BCUT2D eigenvalue weighted by molar-refractivity contribution is 0.905. The summed E-state index contributed by atoms with van der Waals surface area (Å²) in [6.07, 6.45) is 0. The minimum atomic E-state index is -0.346. The Morgan fingerprint density at radius 2 is 2.05 bits per heavy atom. The molecule has 0 radical (unpaired) electrons. The standard InChI is InChI=1S/C13H9N5O/c14-7-9-12(8-4-2-1-3-5-8)17-18-11(19)6-10(15)16-13(9)18/h1-6,17H,15H2. The van der Waals surface area contributed by atoms with E-state index in [2.05, 4.69) is 16.2 Å². The largest absolute Gasteiger partial charge is 0.383 e. The summed E-state index contributed by atoms with van der Waals surface area (Å²) < 4.78 is 1.22. The van der Waals surface area contributed by atoms with Crippen molar-refractivity contribution in [3.05, 3.63) is 52.3 Å². The van der Waals surface area contributed by atoms with E-state index in [9.17, 15) is 10.1 Å². The lowest BCUT2D eigenvalue weighted by Gasteiger charge is -1.96. The summed E-state index contributed by atoms with van der Waals surface area (Å²) in [5, 5.41) is 12.2. The van der Waals surface area contributed by atoms with Crippen LogP contribution < -0.4 is 11.3 Å². The summed E-state index contributed by atoms with van der Waals surface area (Å²) in [6, 6.07) is 12.5. The van der Waals surface area contributed by atoms with Gasteiger partial charge in [0.05, 0.1) is 5.69 Å². The lowest BCUT2D eigenvalue weighted by atomic mass is 10.1. The Kier molecular flexibility index (Phi) is 2.32. The van der Waals surface area contributed by atoms with Crippen LogP contribution in [-0.2, 0) is 0 Å². The van der Waals surface area contributed by atoms with Crippen LogP contribution in [0.1, 0.15) is 5.56 Å². The molecule has 0 unspecified atom stereocenters. The van der Waals surface area contributed by atoms with Crippen molar-refractivity contribution in [3.8, 4) is 17.3 Å². The van der Waals surface area contributed by atoms with E-state index in [0.717, 1.165) is 5.56 Å². The molecule has 0 aliphatic carbocycles. The van der Waals surface area contributed by atoms with Crippen LogP contribution in [0, 0.1) is 11.3 Å². The zero-order chi connectivity index (χ0) is 13.4. The third kappa shape index (κ3) is 1.65. The van der Waals surface area contributed by atoms with Crippen LogP contribution in [0.3, 0.4) is 0 Å². The van der Waals surface area contributed by atoms with Crippen LogP contribution in [0.4, 0.5) is 5.82 Å². The number of hydrogen-bond acceptors (Lipinski definition) is 4. The number of benzene rings is 1. The van der Waals surface area contributed by atoms with E-state index < -0.39 is 0 Å². The van der Waals surface area contributed by atoms with Gasteiger partial charge in [-0.2, -0.15) is 9.78 Å². The Balaban J connectivity index is 2.43. The van der Waals surface area contributed by atoms with Gasteiger partial charge in [-0.05, 0) is 0 Å². The molecule has 1 aromatic carbocycles. The van der Waals surface area contributed by atoms with Crippen molar-refractivity contribution in [1.29, 1.82) is 5.26 Å². The summed E-state index contributed by atoms with van der Waals surface area (Å²) in [7, 11) is 0. The topological polar surface area (TPSA) is 100.0 Å². The molecule has 0 atom stereocenters. The molecule has 19 heavy (non-hydrogen) atoms. The zero-order valence-electron chi connectivity index (χ0n) is 9.79. The number of nitrogens with one attached hydrogen (secondary N) is 1. The van der Waals surface area contributed by atoms with E-state index in [1.165, 1.54) is 10.6 Å². The predicted molar refractivity (Wildman–Crippen MR) is 70.4 cm³/mol. The van der Waals surface area contributed by atoms with Gasteiger partial charge in [0, 0.05) is 11.6 Å². The molecule has 6 nitrogen and oxygen atoms in total. The number of nitrogens with two attached hydrogens (primary N) is 1. The Bertz CT molecular complexity index is 854. The third-order valence-electron chi connectivity index (χ3n) is 2.81. The van der Waals surface area contributed by atoms with E-state index in [1.54, 1.807) is 0 Å². The number of nitriles is 1. The normalized spacial score (nSPS) is 10.5. The predicted octanol–water partition coefficient (Wildman–Crippen LogP) is 1.14. The Morgan fingerprint density at radius 1 is 1.32 bits per heavy atom. The number of nitrogens with zero attached hydrogens (tertiary/aromatic N) is 3. The fourth-order valence-corrected chi connectivity index (χ4v) is 1.97. The number of aromatic amines is 1. The molecule has 0 fully saturated rings. The van der Waals surface area contributed by atoms with Gasteiger partial charge >= 0.3 is 0 Å². The van der Waals surface area contributed by atoms with Crippen molar-refractivity contribution in [2.45, 2.75) is 0 Å². The monoisotopic (exact) mass is 251 g/mol. The number of H-pyrrole nitrogens is 1. The fraction of sp³-hybridized carbons (Fsp3) is 0. The van der Waals surface area contributed by atoms with Crippen molar-refractivity contribution in [3.63, 3.8) is 0 Å². The number of anilines is 1. The second-order valence-electron chi connectivity index (χ2n) is 4.02. The van der Waals surface area contributed by atoms with Crippen LogP contribution in [0.2, 0.25) is 0 Å². The van der Waals surface area contributed by atoms with E-state index >= 15 is 0 Å². The zero-order valence-corrected chi connectivity index (χ0v) is 9.79. The first-order valence-electron chi connectivity index (χ1n) is 5.57. The second kappa shape index (κ2) is 3.99. The van der Waals surface area contributed by atoms with Crippen LogP contribution in [0.15, 0.2) is 41.2 Å². The van der Waals surface area contributed by atoms with Crippen LogP contribution in [-0.4, -0.2) is 14.6 Å². The lowest BCUT2D eigenvalue weighted by Crippen LogP contribution is -2.15. The third-order valence-corrected chi connectivity index (χ3v) is 2.81. The van der Waals surface area contributed by atoms with Gasteiger partial charge in [-0.1, -0.05) is 30.3 Å². The molecular formula is C13H9N5O. The van der Waals surface area contributed by atoms with Crippen molar-refractivity contribution in [2.75, 3.05) is 5.73 Å². The van der Waals surface area contributed by atoms with E-state index in [1.807, 2.05) is 30.3 Å². The van der Waals surface area contributed by atoms with Crippen molar-refractivity contribution in [2.24, 2.45) is 0 Å². The molecule has 2 heterocycles. The van der Waals surface area contributed by atoms with Gasteiger partial charge in [0.1, 0.15) is 17.5 Å². The first-order valence-corrected chi connectivity index (χ1v) is 5.57. The Hall–Kier alpha value is -3.07. The van der Waals surface area contributed by atoms with Gasteiger partial charge in [-0.25, -0.2) is 4.98 Å². The van der Waals surface area contributed by atoms with Crippen molar-refractivity contribution in [1.82, 2.24) is 14.6 Å². The summed E-state index contributed by atoms with van der Waals surface area (Å²) >= 11 is 0. The van der Waals surface area contributed by atoms with Crippen molar-refractivity contribution >= 4 is 11.5 Å². The number of hydrogen-bond donors (Lipinski definition) is 2. The smallest absolute Gasteiger partial charge is 0.274 e. The average molecular weight is 251 g/mol. The number of aromatic nitrogens is 3. The molecule has 0 aliphatic heterocycles. The molecule has 3 rings (SSSR count). The summed E-state index contributed by atoms with van der Waals surface area (Å²) in [6.45, 7) is 0. The number of nitrogen functional groups attached to an aromatic ring is 1. The highest BCUT2D eigenvalue weighted by Crippen LogP contribution is 2.23. The van der Waals surface area contributed by atoms with Gasteiger partial charge < -0.3 is 5.73 Å². The highest BCUT2D eigenvalue weighted by atomic mass is 16.1. The summed E-state index contributed by atoms with van der Waals surface area (Å²) in [4.78, 5) is 15.9. The Morgan fingerprint density at radius 3 is 2.74 bits per heavy atom. The molecule has 0 bridgehead atoms. The molecule has 0 saturated carbocycles. The quantitative estimate of drug-likeness (QED) is 0.677. The van der Waals surface area contributed by atoms with E-state index in [4.69, 9.17) is 5.73 Å². The average Bonchev–Trinajstić information content (AvgIpc) is 2.78. The molecule has 0 amide bonds. The molecule has 0 aliphatic rings. The number of rotatable bonds is 1. The van der Waals surface area contributed by atoms with Crippen LogP contribution in [0.25, 0.3) is 16.9 Å². The maximum Gasteiger partial charge on any atom is 0.274 e. The SMILES string of the molecule is N#Cc1c(-c2ccccc2)[nH]n2c(=O)cc(N)nc12. The van der Waals surface area contributed by atoms with E-state index in [0.29, 0.717) is 11.3 Å². The van der Waals surface area contributed by atoms with Crippen LogP contribution >= 0.6 is 0 Å². The van der Waals surface area contributed by atoms with E-state index in [-0.39, 0.29) is 17.0 Å². The minimum Gasteiger partial charge on any atom is -0.383 e. The highest BCUT2D eigenvalue weighted by Gasteiger charge is 2.15. The van der Waals surface area contributed by atoms with Gasteiger partial charge in [-0.3, -0.25) is 9.89 Å². The van der Waals surface area contributed by atoms with Gasteiger partial charge in [0.2, 0.25) is 0 Å². The van der Waals surface area contributed by atoms with Gasteiger partial charge in [-0.15, -0.1) is 0 Å². The van der Waals surface area contributed by atoms with Crippen molar-refractivity contribution < 1.29 is 0 Å². The first kappa shape index (κ1) is 11.0. The molecule has 92 valence electrons. The molecule has 6 heteroatoms. The molecule has 3 aromatic rings. The highest BCUT2D eigenvalue weighted by molar-refractivity contribution is 5.75. The van der Waals surface area contributed by atoms with Gasteiger partial charge in [0.15, 0.2) is 5.65 Å². The first-order chi connectivity index (χ1) is 9.20. The fourth-order valence-electron chi connectivity index (χ4n) is 1.97. The Labute approximate surface area is 107 Å². The maximum absolute atomic E-state index is 11.8. The molecule has 0 saturated heterocycles. The summed E-state index contributed by atoms with van der Waals surface area (Å²) in [5.41, 5.74) is 7.11. The molecule has 2 aromatic heterocycles. The second-order valence-corrected chi connectivity index (χ2v) is 4.02. The number of fused-ring (bicyclic) bond motifs is 1. The minimum absolute atomic E-state index is 0.0973. The maximum atomic E-state index is 11.8. The van der Waals surface area contributed by atoms with Gasteiger partial charge in [0.25, 0.3) is 5.56 Å². The molecule has 0 spiro atoms. The molecule has 3 N–H and O–H groups in total. The summed E-state index contributed by atoms with van der Waals surface area (Å²) in [5.74, 6) is 0.0973.